The number of fused-ring (bicyclic) bond motifs is 1. The third-order valence-corrected chi connectivity index (χ3v) is 5.65. The zero-order valence-electron chi connectivity index (χ0n) is 18.4. The highest BCUT2D eigenvalue weighted by Gasteiger charge is 2.15. The summed E-state index contributed by atoms with van der Waals surface area (Å²) in [6.07, 6.45) is 7.91. The van der Waals surface area contributed by atoms with Crippen molar-refractivity contribution in [2.24, 2.45) is 0 Å². The lowest BCUT2D eigenvalue weighted by molar-refractivity contribution is 0.251. The lowest BCUT2D eigenvalue weighted by Crippen LogP contribution is -2.29. The van der Waals surface area contributed by atoms with E-state index in [0.29, 0.717) is 17.3 Å². The van der Waals surface area contributed by atoms with Crippen LogP contribution in [-0.4, -0.2) is 33.8 Å². The van der Waals surface area contributed by atoms with Gasteiger partial charge in [-0.05, 0) is 55.9 Å². The standard InChI is InChI=1S/C23H28FN5OS/c1-5-6-7-8-9-25-22(30)28-20-12-17(14(2)10-19(20)24)18-11-16-13-26-23(31-4)29-21(16)27-15(18)3/h10-13H,5-9H2,1-4H3,(H2,25,28,30). The Morgan fingerprint density at radius 1 is 1.10 bits per heavy atom. The molecular formula is C23H28FN5OS. The summed E-state index contributed by atoms with van der Waals surface area (Å²) in [7, 11) is 0. The second-order valence-corrected chi connectivity index (χ2v) is 8.25. The van der Waals surface area contributed by atoms with Crippen molar-refractivity contribution in [2.75, 3.05) is 18.1 Å². The lowest BCUT2D eigenvalue weighted by Gasteiger charge is -2.14. The van der Waals surface area contributed by atoms with Crippen LogP contribution in [0.3, 0.4) is 0 Å². The van der Waals surface area contributed by atoms with E-state index in [2.05, 4.69) is 32.5 Å². The molecule has 0 radical (unpaired) electrons. The fraction of sp³-hybridized carbons (Fsp3) is 0.391. The zero-order chi connectivity index (χ0) is 22.4. The van der Waals surface area contributed by atoms with E-state index in [1.54, 1.807) is 12.3 Å². The number of thioether (sulfide) groups is 1. The van der Waals surface area contributed by atoms with Crippen LogP contribution in [0, 0.1) is 19.7 Å². The number of anilines is 1. The zero-order valence-corrected chi connectivity index (χ0v) is 19.2. The lowest BCUT2D eigenvalue weighted by atomic mass is 9.97. The molecule has 0 saturated carbocycles. The van der Waals surface area contributed by atoms with Gasteiger partial charge in [-0.25, -0.2) is 24.1 Å². The van der Waals surface area contributed by atoms with Crippen LogP contribution < -0.4 is 10.6 Å². The summed E-state index contributed by atoms with van der Waals surface area (Å²) < 4.78 is 14.6. The Hall–Kier alpha value is -2.74. The average Bonchev–Trinajstić information content (AvgIpc) is 2.75. The van der Waals surface area contributed by atoms with Crippen molar-refractivity contribution < 1.29 is 9.18 Å². The number of hydrogen-bond acceptors (Lipinski definition) is 5. The molecule has 164 valence electrons. The number of aryl methyl sites for hydroxylation is 2. The molecule has 0 aliphatic heterocycles. The average molecular weight is 442 g/mol. The van der Waals surface area contributed by atoms with E-state index >= 15 is 0 Å². The second kappa shape index (κ2) is 10.5. The second-order valence-electron chi connectivity index (χ2n) is 7.48. The number of hydrogen-bond donors (Lipinski definition) is 2. The Morgan fingerprint density at radius 2 is 1.90 bits per heavy atom. The minimum absolute atomic E-state index is 0.139. The van der Waals surface area contributed by atoms with Crippen molar-refractivity contribution in [3.63, 3.8) is 0 Å². The van der Waals surface area contributed by atoms with Crippen molar-refractivity contribution in [1.29, 1.82) is 0 Å². The summed E-state index contributed by atoms with van der Waals surface area (Å²) in [6, 6.07) is 4.65. The van der Waals surface area contributed by atoms with Crippen LogP contribution >= 0.6 is 11.8 Å². The number of halogens is 1. The Labute approximate surface area is 186 Å². The van der Waals surface area contributed by atoms with E-state index in [-0.39, 0.29) is 5.69 Å². The summed E-state index contributed by atoms with van der Waals surface area (Å²) in [5, 5.41) is 6.90. The topological polar surface area (TPSA) is 79.8 Å². The molecule has 0 bridgehead atoms. The molecule has 6 nitrogen and oxygen atoms in total. The monoisotopic (exact) mass is 441 g/mol. The Morgan fingerprint density at radius 3 is 2.65 bits per heavy atom. The number of aromatic nitrogens is 3. The van der Waals surface area contributed by atoms with Gasteiger partial charge in [0.1, 0.15) is 5.82 Å². The van der Waals surface area contributed by atoms with Crippen LogP contribution in [-0.2, 0) is 0 Å². The summed E-state index contributed by atoms with van der Waals surface area (Å²) in [5.41, 5.74) is 3.96. The van der Waals surface area contributed by atoms with Crippen molar-refractivity contribution in [3.8, 4) is 11.1 Å². The van der Waals surface area contributed by atoms with Crippen LogP contribution in [0.25, 0.3) is 22.2 Å². The number of rotatable bonds is 8. The predicted molar refractivity (Wildman–Crippen MR) is 125 cm³/mol. The van der Waals surface area contributed by atoms with Crippen LogP contribution in [0.15, 0.2) is 29.6 Å². The summed E-state index contributed by atoms with van der Waals surface area (Å²) in [4.78, 5) is 25.6. The first-order chi connectivity index (χ1) is 14.9. The Bertz CT molecular complexity index is 1090. The molecule has 2 heterocycles. The van der Waals surface area contributed by atoms with Gasteiger partial charge < -0.3 is 10.6 Å². The van der Waals surface area contributed by atoms with Crippen LogP contribution in [0.4, 0.5) is 14.9 Å². The maximum atomic E-state index is 14.6. The van der Waals surface area contributed by atoms with Gasteiger partial charge in [-0.15, -0.1) is 0 Å². The van der Waals surface area contributed by atoms with Crippen molar-refractivity contribution >= 4 is 34.5 Å². The minimum Gasteiger partial charge on any atom is -0.338 e. The van der Waals surface area contributed by atoms with Gasteiger partial charge in [0.15, 0.2) is 10.8 Å². The number of amides is 2. The highest BCUT2D eigenvalue weighted by Crippen LogP contribution is 2.32. The maximum Gasteiger partial charge on any atom is 0.319 e. The van der Waals surface area contributed by atoms with E-state index in [1.165, 1.54) is 17.8 Å². The Balaban J connectivity index is 1.85. The molecule has 0 aliphatic rings. The number of pyridine rings is 1. The molecular weight excluding hydrogens is 413 g/mol. The molecule has 3 rings (SSSR count). The fourth-order valence-corrected chi connectivity index (χ4v) is 3.72. The number of carbonyl (C=O) groups is 1. The minimum atomic E-state index is -0.471. The largest absolute Gasteiger partial charge is 0.338 e. The van der Waals surface area contributed by atoms with Crippen LogP contribution in [0.2, 0.25) is 0 Å². The van der Waals surface area contributed by atoms with Crippen molar-refractivity contribution in [3.05, 3.63) is 41.5 Å². The fourth-order valence-electron chi connectivity index (χ4n) is 3.39. The molecule has 8 heteroatoms. The van der Waals surface area contributed by atoms with Crippen LogP contribution in [0.5, 0.6) is 0 Å². The van der Waals surface area contributed by atoms with Crippen molar-refractivity contribution in [2.45, 2.75) is 51.6 Å². The van der Waals surface area contributed by atoms with E-state index in [0.717, 1.165) is 53.5 Å². The molecule has 2 N–H and O–H groups in total. The number of benzene rings is 1. The van der Waals surface area contributed by atoms with Gasteiger partial charge in [0.25, 0.3) is 0 Å². The molecule has 1 aromatic carbocycles. The first-order valence-corrected chi connectivity index (χ1v) is 11.7. The number of nitrogens with one attached hydrogen (secondary N) is 2. The molecule has 31 heavy (non-hydrogen) atoms. The van der Waals surface area contributed by atoms with E-state index in [4.69, 9.17) is 0 Å². The first kappa shape index (κ1) is 22.9. The van der Waals surface area contributed by atoms with Gasteiger partial charge in [0.2, 0.25) is 0 Å². The highest BCUT2D eigenvalue weighted by atomic mass is 32.2. The summed E-state index contributed by atoms with van der Waals surface area (Å²) >= 11 is 1.46. The van der Waals surface area contributed by atoms with Gasteiger partial charge in [0.05, 0.1) is 5.69 Å². The van der Waals surface area contributed by atoms with Gasteiger partial charge in [-0.2, -0.15) is 0 Å². The van der Waals surface area contributed by atoms with Gasteiger partial charge in [-0.1, -0.05) is 37.9 Å². The van der Waals surface area contributed by atoms with Crippen LogP contribution in [0.1, 0.15) is 43.9 Å². The molecule has 3 aromatic rings. The summed E-state index contributed by atoms with van der Waals surface area (Å²) in [6.45, 7) is 6.44. The Kier molecular flexibility index (Phi) is 7.79. The SMILES string of the molecule is CCCCCCNC(=O)Nc1cc(-c2cc3cnc(SC)nc3nc2C)c(C)cc1F. The smallest absolute Gasteiger partial charge is 0.319 e. The first-order valence-electron chi connectivity index (χ1n) is 10.5. The molecule has 0 fully saturated rings. The molecule has 2 aromatic heterocycles. The maximum absolute atomic E-state index is 14.6. The quantitative estimate of drug-likeness (QED) is 0.260. The molecule has 2 amide bonds. The molecule has 0 saturated heterocycles. The van der Waals surface area contributed by atoms with Gasteiger partial charge >= 0.3 is 6.03 Å². The molecule has 0 aliphatic carbocycles. The number of urea groups is 1. The molecule has 0 unspecified atom stereocenters. The van der Waals surface area contributed by atoms with Gasteiger partial charge in [-0.3, -0.25) is 0 Å². The molecule has 0 spiro atoms. The third-order valence-electron chi connectivity index (χ3n) is 5.09. The van der Waals surface area contributed by atoms with Gasteiger partial charge in [0, 0.05) is 29.4 Å². The highest BCUT2D eigenvalue weighted by molar-refractivity contribution is 7.98. The number of nitrogens with zero attached hydrogens (tertiary/aromatic N) is 3. The van der Waals surface area contributed by atoms with E-state index < -0.39 is 11.8 Å². The predicted octanol–water partition coefficient (Wildman–Crippen LogP) is 5.87. The summed E-state index contributed by atoms with van der Waals surface area (Å²) in [5.74, 6) is -0.471. The van der Waals surface area contributed by atoms with Crippen molar-refractivity contribution in [1.82, 2.24) is 20.3 Å². The number of unbranched alkanes of at least 4 members (excludes halogenated alkanes) is 3. The van der Waals surface area contributed by atoms with E-state index in [9.17, 15) is 9.18 Å². The van der Waals surface area contributed by atoms with E-state index in [1.807, 2.05) is 26.2 Å². The number of carbonyl (C=O) groups excluding carboxylic acids is 1. The molecule has 0 atom stereocenters. The normalized spacial score (nSPS) is 11.0. The third kappa shape index (κ3) is 5.70.